The highest BCUT2D eigenvalue weighted by Crippen LogP contribution is 2.45. The molecule has 6 rings (SSSR count). The zero-order chi connectivity index (χ0) is 25.9. The van der Waals surface area contributed by atoms with Crippen LogP contribution >= 0.6 is 0 Å². The predicted molar refractivity (Wildman–Crippen MR) is 152 cm³/mol. The van der Waals surface area contributed by atoms with Crippen LogP contribution < -0.4 is 10.2 Å². The first-order valence-electron chi connectivity index (χ1n) is 13.3. The fourth-order valence-corrected chi connectivity index (χ4v) is 5.67. The Morgan fingerprint density at radius 2 is 1.26 bits per heavy atom. The number of anilines is 2. The molecule has 0 spiro atoms. The molecule has 0 aromatic heterocycles. The lowest BCUT2D eigenvalue weighted by atomic mass is 9.95. The summed E-state index contributed by atoms with van der Waals surface area (Å²) in [5.41, 5.74) is 7.65. The Morgan fingerprint density at radius 1 is 0.684 bits per heavy atom. The number of nitrogens with zero attached hydrogens (tertiary/aromatic N) is 2. The summed E-state index contributed by atoms with van der Waals surface area (Å²) in [5.74, 6) is -0.0156. The number of aryl methyl sites for hydroxylation is 1. The largest absolute Gasteiger partial charge is 0.368 e. The van der Waals surface area contributed by atoms with Crippen molar-refractivity contribution in [2.45, 2.75) is 18.8 Å². The summed E-state index contributed by atoms with van der Waals surface area (Å²) in [4.78, 5) is 30.4. The molecule has 5 heteroatoms. The smallest absolute Gasteiger partial charge is 0.234 e. The Morgan fingerprint density at radius 3 is 1.89 bits per heavy atom. The minimum atomic E-state index is -0.223. The lowest BCUT2D eigenvalue weighted by molar-refractivity contribution is -0.132. The number of hydrogen-bond acceptors (Lipinski definition) is 3. The van der Waals surface area contributed by atoms with Gasteiger partial charge in [0.15, 0.2) is 0 Å². The van der Waals surface area contributed by atoms with Crippen LogP contribution in [0.4, 0.5) is 11.4 Å². The van der Waals surface area contributed by atoms with Crippen molar-refractivity contribution in [3.05, 3.63) is 120 Å². The Bertz CT molecular complexity index is 1400. The zero-order valence-electron chi connectivity index (χ0n) is 21.3. The van der Waals surface area contributed by atoms with Crippen LogP contribution in [-0.4, -0.2) is 42.9 Å². The molecule has 2 amide bonds. The third kappa shape index (κ3) is 4.80. The van der Waals surface area contributed by atoms with Gasteiger partial charge in [-0.1, -0.05) is 78.9 Å². The zero-order valence-corrected chi connectivity index (χ0v) is 21.3. The molecule has 2 aliphatic rings. The van der Waals surface area contributed by atoms with Gasteiger partial charge in [-0.3, -0.25) is 9.59 Å². The van der Waals surface area contributed by atoms with Crippen molar-refractivity contribution in [3.63, 3.8) is 0 Å². The van der Waals surface area contributed by atoms with Gasteiger partial charge in [-0.25, -0.2) is 0 Å². The molecule has 5 nitrogen and oxygen atoms in total. The van der Waals surface area contributed by atoms with Crippen LogP contribution in [0.25, 0.3) is 11.1 Å². The number of fused-ring (bicyclic) bond motifs is 3. The summed E-state index contributed by atoms with van der Waals surface area (Å²) >= 11 is 0. The van der Waals surface area contributed by atoms with Gasteiger partial charge >= 0.3 is 0 Å². The quantitative estimate of drug-likeness (QED) is 0.368. The average molecular weight is 502 g/mol. The third-order valence-corrected chi connectivity index (χ3v) is 7.67. The van der Waals surface area contributed by atoms with E-state index in [2.05, 4.69) is 34.5 Å². The Hall–Kier alpha value is -4.38. The number of benzene rings is 4. The molecule has 1 aliphatic carbocycles. The monoisotopic (exact) mass is 501 g/mol. The lowest BCUT2D eigenvalue weighted by Gasteiger charge is -2.37. The molecule has 1 aliphatic heterocycles. The molecular formula is C33H31N3O2. The number of rotatable bonds is 6. The number of carbonyl (C=O) groups is 2. The van der Waals surface area contributed by atoms with Crippen molar-refractivity contribution in [1.82, 2.24) is 4.90 Å². The van der Waals surface area contributed by atoms with Crippen molar-refractivity contribution < 1.29 is 9.59 Å². The molecule has 1 fully saturated rings. The van der Waals surface area contributed by atoms with E-state index >= 15 is 0 Å². The first-order valence-corrected chi connectivity index (χ1v) is 13.3. The number of piperazine rings is 1. The minimum Gasteiger partial charge on any atom is -0.368 e. The van der Waals surface area contributed by atoms with Gasteiger partial charge in [-0.05, 0) is 58.5 Å². The van der Waals surface area contributed by atoms with Gasteiger partial charge in [0, 0.05) is 44.0 Å². The summed E-state index contributed by atoms with van der Waals surface area (Å²) < 4.78 is 0. The normalized spacial score (nSPS) is 14.6. The van der Waals surface area contributed by atoms with Gasteiger partial charge in [0.1, 0.15) is 0 Å². The van der Waals surface area contributed by atoms with E-state index in [4.69, 9.17) is 0 Å². The van der Waals surface area contributed by atoms with Crippen molar-refractivity contribution in [2.75, 3.05) is 36.4 Å². The van der Waals surface area contributed by atoms with Crippen LogP contribution in [-0.2, 0) is 16.0 Å². The molecular weight excluding hydrogens is 470 g/mol. The van der Waals surface area contributed by atoms with Gasteiger partial charge in [0.05, 0.1) is 5.92 Å². The topological polar surface area (TPSA) is 52.7 Å². The van der Waals surface area contributed by atoms with Crippen LogP contribution in [0.2, 0.25) is 0 Å². The molecule has 4 aromatic rings. The Labute approximate surface area is 223 Å². The van der Waals surface area contributed by atoms with E-state index < -0.39 is 0 Å². The third-order valence-electron chi connectivity index (χ3n) is 7.67. The highest BCUT2D eigenvalue weighted by molar-refractivity contribution is 5.96. The van der Waals surface area contributed by atoms with E-state index in [1.54, 1.807) is 0 Å². The lowest BCUT2D eigenvalue weighted by Crippen LogP contribution is -2.50. The predicted octanol–water partition coefficient (Wildman–Crippen LogP) is 5.72. The minimum absolute atomic E-state index is 0.0174. The van der Waals surface area contributed by atoms with E-state index in [9.17, 15) is 9.59 Å². The molecule has 38 heavy (non-hydrogen) atoms. The van der Waals surface area contributed by atoms with E-state index in [1.165, 1.54) is 11.1 Å². The summed E-state index contributed by atoms with van der Waals surface area (Å²) in [7, 11) is 0. The molecule has 0 bridgehead atoms. The molecule has 0 unspecified atom stereocenters. The highest BCUT2D eigenvalue weighted by Gasteiger charge is 2.36. The molecule has 1 heterocycles. The second kappa shape index (κ2) is 10.5. The van der Waals surface area contributed by atoms with E-state index in [0.29, 0.717) is 19.5 Å². The summed E-state index contributed by atoms with van der Waals surface area (Å²) in [6, 6.07) is 34.6. The van der Waals surface area contributed by atoms with Crippen LogP contribution in [0, 0.1) is 0 Å². The van der Waals surface area contributed by atoms with Crippen molar-refractivity contribution >= 4 is 23.2 Å². The maximum Gasteiger partial charge on any atom is 0.234 e. The second-order valence-corrected chi connectivity index (χ2v) is 10.0. The Kier molecular flexibility index (Phi) is 6.65. The molecule has 1 N–H and O–H groups in total. The summed E-state index contributed by atoms with van der Waals surface area (Å²) in [6.45, 7) is 2.95. The molecule has 190 valence electrons. The molecule has 0 saturated carbocycles. The SMILES string of the molecule is O=C(CCc1ccccc1)Nc1ccc(N2CCN(C(=O)C3c4ccccc4-c4ccccc43)CC2)cc1. The second-order valence-electron chi connectivity index (χ2n) is 10.0. The van der Waals surface area contributed by atoms with Crippen LogP contribution in [0.5, 0.6) is 0 Å². The maximum absolute atomic E-state index is 13.7. The van der Waals surface area contributed by atoms with Crippen LogP contribution in [0.3, 0.4) is 0 Å². The Balaban J connectivity index is 1.05. The standard InChI is InChI=1S/C33H31N3O2/c37-31(19-14-24-8-2-1-3-9-24)34-25-15-17-26(18-16-25)35-20-22-36(23-21-35)33(38)32-29-12-6-4-10-27(29)28-11-5-7-13-30(28)32/h1-13,15-18,32H,14,19-23H2,(H,34,37). The fraction of sp³-hybridized carbons (Fsp3) is 0.212. The van der Waals surface area contributed by atoms with Crippen molar-refractivity contribution in [1.29, 1.82) is 0 Å². The molecule has 0 atom stereocenters. The van der Waals surface area contributed by atoms with Gasteiger partial charge in [0.25, 0.3) is 0 Å². The fourth-order valence-electron chi connectivity index (χ4n) is 5.67. The van der Waals surface area contributed by atoms with Crippen LogP contribution in [0.15, 0.2) is 103 Å². The van der Waals surface area contributed by atoms with E-state index in [0.717, 1.165) is 47.6 Å². The average Bonchev–Trinajstić information content (AvgIpc) is 3.31. The molecule has 0 radical (unpaired) electrons. The van der Waals surface area contributed by atoms with E-state index in [-0.39, 0.29) is 17.7 Å². The van der Waals surface area contributed by atoms with Gasteiger partial charge in [-0.2, -0.15) is 0 Å². The number of nitrogens with one attached hydrogen (secondary N) is 1. The summed E-state index contributed by atoms with van der Waals surface area (Å²) in [5, 5.41) is 3.00. The number of amides is 2. The van der Waals surface area contributed by atoms with Gasteiger partial charge in [0.2, 0.25) is 11.8 Å². The van der Waals surface area contributed by atoms with Gasteiger partial charge < -0.3 is 15.1 Å². The van der Waals surface area contributed by atoms with Gasteiger partial charge in [-0.15, -0.1) is 0 Å². The molecule has 1 saturated heterocycles. The van der Waals surface area contributed by atoms with Crippen molar-refractivity contribution in [3.8, 4) is 11.1 Å². The van der Waals surface area contributed by atoms with E-state index in [1.807, 2.05) is 83.8 Å². The van der Waals surface area contributed by atoms with Crippen LogP contribution in [0.1, 0.15) is 29.0 Å². The first-order chi connectivity index (χ1) is 18.7. The number of hydrogen-bond donors (Lipinski definition) is 1. The first kappa shape index (κ1) is 24.0. The maximum atomic E-state index is 13.7. The summed E-state index contributed by atoms with van der Waals surface area (Å²) in [6.07, 6.45) is 1.18. The number of carbonyl (C=O) groups excluding carboxylic acids is 2. The molecule has 4 aromatic carbocycles. The van der Waals surface area contributed by atoms with Crippen molar-refractivity contribution in [2.24, 2.45) is 0 Å². The highest BCUT2D eigenvalue weighted by atomic mass is 16.2.